The first-order valence-electron chi connectivity index (χ1n) is 5.39. The molecule has 0 saturated carbocycles. The third-order valence-electron chi connectivity index (χ3n) is 2.78. The summed E-state index contributed by atoms with van der Waals surface area (Å²) in [5.41, 5.74) is -0.652. The van der Waals surface area contributed by atoms with Crippen LogP contribution in [0.3, 0.4) is 0 Å². The molecule has 1 aromatic carbocycles. The summed E-state index contributed by atoms with van der Waals surface area (Å²) in [6.07, 6.45) is 1.53. The molecule has 0 spiro atoms. The number of aliphatic hydroxyl groups is 1. The lowest BCUT2D eigenvalue weighted by atomic mass is 9.94. The van der Waals surface area contributed by atoms with E-state index in [1.54, 1.807) is 0 Å². The third-order valence-corrected chi connectivity index (χ3v) is 2.78. The molecule has 1 aromatic rings. The van der Waals surface area contributed by atoms with Gasteiger partial charge >= 0.3 is 0 Å². The molecular weight excluding hydrogens is 226 g/mol. The summed E-state index contributed by atoms with van der Waals surface area (Å²) < 4.78 is 5.57. The second-order valence-corrected chi connectivity index (χ2v) is 4.08. The summed E-state index contributed by atoms with van der Waals surface area (Å²) in [4.78, 5) is 0. The van der Waals surface area contributed by atoms with Gasteiger partial charge in [0.05, 0.1) is 0 Å². The van der Waals surface area contributed by atoms with Crippen molar-refractivity contribution in [3.63, 3.8) is 0 Å². The Balaban J connectivity index is 0.00000128. The molecule has 3 nitrogen and oxygen atoms in total. The van der Waals surface area contributed by atoms with Crippen molar-refractivity contribution in [2.45, 2.75) is 18.4 Å². The number of hydrogen-bond donors (Lipinski definition) is 2. The molecule has 1 heterocycles. The van der Waals surface area contributed by atoms with Crippen LogP contribution in [0.15, 0.2) is 30.3 Å². The first-order chi connectivity index (χ1) is 7.29. The van der Waals surface area contributed by atoms with Crippen LogP contribution in [0.2, 0.25) is 0 Å². The lowest BCUT2D eigenvalue weighted by molar-refractivity contribution is -0.0286. The van der Waals surface area contributed by atoms with Crippen LogP contribution in [0, 0.1) is 0 Å². The van der Waals surface area contributed by atoms with Crippen LogP contribution in [-0.2, 0) is 0 Å². The molecule has 90 valence electrons. The molecule has 1 aliphatic heterocycles. The third kappa shape index (κ3) is 3.67. The van der Waals surface area contributed by atoms with E-state index in [0.29, 0.717) is 6.61 Å². The van der Waals surface area contributed by atoms with Gasteiger partial charge in [-0.25, -0.2) is 0 Å². The van der Waals surface area contributed by atoms with Crippen LogP contribution in [0.4, 0.5) is 0 Å². The van der Waals surface area contributed by atoms with Gasteiger partial charge in [-0.05, 0) is 38.1 Å². The highest BCUT2D eigenvalue weighted by Gasteiger charge is 2.29. The van der Waals surface area contributed by atoms with E-state index in [-0.39, 0.29) is 12.4 Å². The molecule has 0 aliphatic carbocycles. The standard InChI is InChI=1S/C12H17NO2.ClH/c14-12(6-8-13-9-7-12)10-15-11-4-2-1-3-5-11;/h1-5,13-14H,6-10H2;1H. The average Bonchev–Trinajstić information content (AvgIpc) is 2.29. The van der Waals surface area contributed by atoms with E-state index in [9.17, 15) is 5.11 Å². The summed E-state index contributed by atoms with van der Waals surface area (Å²) in [5.74, 6) is 0.824. The van der Waals surface area contributed by atoms with Gasteiger partial charge in [-0.1, -0.05) is 18.2 Å². The summed E-state index contributed by atoms with van der Waals surface area (Å²) in [6, 6.07) is 9.63. The summed E-state index contributed by atoms with van der Waals surface area (Å²) in [7, 11) is 0. The number of rotatable bonds is 3. The lowest BCUT2D eigenvalue weighted by Crippen LogP contribution is -2.45. The van der Waals surface area contributed by atoms with E-state index >= 15 is 0 Å². The van der Waals surface area contributed by atoms with E-state index < -0.39 is 5.60 Å². The van der Waals surface area contributed by atoms with Crippen LogP contribution < -0.4 is 10.1 Å². The van der Waals surface area contributed by atoms with Crippen molar-refractivity contribution < 1.29 is 9.84 Å². The minimum Gasteiger partial charge on any atom is -0.491 e. The van der Waals surface area contributed by atoms with Gasteiger partial charge in [0, 0.05) is 0 Å². The maximum Gasteiger partial charge on any atom is 0.119 e. The Labute approximate surface area is 102 Å². The lowest BCUT2D eigenvalue weighted by Gasteiger charge is -2.32. The Morgan fingerprint density at radius 2 is 1.81 bits per heavy atom. The molecule has 0 atom stereocenters. The molecule has 0 unspecified atom stereocenters. The van der Waals surface area contributed by atoms with Crippen molar-refractivity contribution in [3.05, 3.63) is 30.3 Å². The molecule has 1 saturated heterocycles. The Kier molecular flexibility index (Phi) is 5.06. The molecule has 1 fully saturated rings. The zero-order valence-corrected chi connectivity index (χ0v) is 10.0. The number of piperidine rings is 1. The molecule has 0 radical (unpaired) electrons. The SMILES string of the molecule is Cl.OC1(COc2ccccc2)CCNCC1. The fourth-order valence-electron chi connectivity index (χ4n) is 1.77. The average molecular weight is 244 g/mol. The van der Waals surface area contributed by atoms with Crippen molar-refractivity contribution >= 4 is 12.4 Å². The van der Waals surface area contributed by atoms with Crippen LogP contribution in [0.25, 0.3) is 0 Å². The smallest absolute Gasteiger partial charge is 0.119 e. The van der Waals surface area contributed by atoms with E-state index in [0.717, 1.165) is 31.7 Å². The first kappa shape index (κ1) is 13.3. The Morgan fingerprint density at radius 3 is 2.44 bits per heavy atom. The van der Waals surface area contributed by atoms with Crippen LogP contribution in [-0.4, -0.2) is 30.4 Å². The van der Waals surface area contributed by atoms with Gasteiger partial charge in [-0.15, -0.1) is 12.4 Å². The number of para-hydroxylation sites is 1. The molecule has 0 bridgehead atoms. The Morgan fingerprint density at radius 1 is 1.19 bits per heavy atom. The fraction of sp³-hybridized carbons (Fsp3) is 0.500. The van der Waals surface area contributed by atoms with E-state index in [1.807, 2.05) is 30.3 Å². The second-order valence-electron chi connectivity index (χ2n) is 4.08. The van der Waals surface area contributed by atoms with Crippen molar-refractivity contribution in [3.8, 4) is 5.75 Å². The van der Waals surface area contributed by atoms with E-state index in [2.05, 4.69) is 5.32 Å². The zero-order chi connectivity index (χ0) is 10.6. The molecule has 0 amide bonds. The van der Waals surface area contributed by atoms with Crippen molar-refractivity contribution in [1.82, 2.24) is 5.32 Å². The molecule has 1 aliphatic rings. The minimum absolute atomic E-state index is 0. The van der Waals surface area contributed by atoms with Crippen LogP contribution in [0.5, 0.6) is 5.75 Å². The highest BCUT2D eigenvalue weighted by atomic mass is 35.5. The summed E-state index contributed by atoms with van der Waals surface area (Å²) in [5, 5.41) is 13.4. The van der Waals surface area contributed by atoms with Gasteiger partial charge in [0.1, 0.15) is 18.0 Å². The highest BCUT2D eigenvalue weighted by molar-refractivity contribution is 5.85. The predicted octanol–water partition coefficient (Wildman–Crippen LogP) is 1.60. The van der Waals surface area contributed by atoms with Gasteiger partial charge in [0.2, 0.25) is 0 Å². The van der Waals surface area contributed by atoms with Crippen molar-refractivity contribution in [2.75, 3.05) is 19.7 Å². The molecule has 2 rings (SSSR count). The van der Waals surface area contributed by atoms with Crippen LogP contribution >= 0.6 is 12.4 Å². The molecule has 16 heavy (non-hydrogen) atoms. The molecule has 0 aromatic heterocycles. The molecule has 2 N–H and O–H groups in total. The van der Waals surface area contributed by atoms with Gasteiger partial charge < -0.3 is 15.2 Å². The van der Waals surface area contributed by atoms with E-state index in [1.165, 1.54) is 0 Å². The van der Waals surface area contributed by atoms with Gasteiger partial charge in [-0.2, -0.15) is 0 Å². The highest BCUT2D eigenvalue weighted by Crippen LogP contribution is 2.20. The van der Waals surface area contributed by atoms with Gasteiger partial charge in [0.25, 0.3) is 0 Å². The van der Waals surface area contributed by atoms with Crippen molar-refractivity contribution in [1.29, 1.82) is 0 Å². The number of halogens is 1. The zero-order valence-electron chi connectivity index (χ0n) is 9.19. The summed E-state index contributed by atoms with van der Waals surface area (Å²) >= 11 is 0. The number of benzene rings is 1. The molecule has 4 heteroatoms. The summed E-state index contributed by atoms with van der Waals surface area (Å²) in [6.45, 7) is 2.13. The Hall–Kier alpha value is -0.770. The number of hydrogen-bond acceptors (Lipinski definition) is 3. The second kappa shape index (κ2) is 6.09. The van der Waals surface area contributed by atoms with E-state index in [4.69, 9.17) is 4.74 Å². The minimum atomic E-state index is -0.652. The van der Waals surface area contributed by atoms with Crippen molar-refractivity contribution in [2.24, 2.45) is 0 Å². The fourth-order valence-corrected chi connectivity index (χ4v) is 1.77. The quantitative estimate of drug-likeness (QED) is 0.848. The van der Waals surface area contributed by atoms with Crippen LogP contribution in [0.1, 0.15) is 12.8 Å². The topological polar surface area (TPSA) is 41.5 Å². The molecular formula is C12H18ClNO2. The first-order valence-corrected chi connectivity index (χ1v) is 5.39. The van der Waals surface area contributed by atoms with Gasteiger partial charge in [0.15, 0.2) is 0 Å². The number of ether oxygens (including phenoxy) is 1. The number of nitrogens with one attached hydrogen (secondary N) is 1. The monoisotopic (exact) mass is 243 g/mol. The van der Waals surface area contributed by atoms with Gasteiger partial charge in [-0.3, -0.25) is 0 Å². The predicted molar refractivity (Wildman–Crippen MR) is 66.2 cm³/mol. The maximum absolute atomic E-state index is 10.2. The Bertz CT molecular complexity index is 299. The largest absolute Gasteiger partial charge is 0.491 e. The normalized spacial score (nSPS) is 18.6. The maximum atomic E-state index is 10.2.